The van der Waals surface area contributed by atoms with Crippen LogP contribution in [0.3, 0.4) is 0 Å². The summed E-state index contributed by atoms with van der Waals surface area (Å²) in [6, 6.07) is 4.89. The average Bonchev–Trinajstić information content (AvgIpc) is 3.06. The molecule has 3 heterocycles. The number of carbonyl (C=O) groups excluding carboxylic acids is 1. The lowest BCUT2D eigenvalue weighted by atomic mass is 10.2. The Bertz CT molecular complexity index is 805. The van der Waals surface area contributed by atoms with Gasteiger partial charge in [0.1, 0.15) is 5.69 Å². The molecule has 0 aliphatic carbocycles. The fourth-order valence-corrected chi connectivity index (χ4v) is 3.01. The SMILES string of the molecule is CCCCn1nc(C(=O)N2CCN(Cc3cc(C)no3)CC2)ccc1=O. The summed E-state index contributed by atoms with van der Waals surface area (Å²) in [6.45, 7) is 7.98. The van der Waals surface area contributed by atoms with Crippen molar-refractivity contribution in [3.05, 3.63) is 45.7 Å². The molecule has 140 valence electrons. The normalized spacial score (nSPS) is 15.4. The van der Waals surface area contributed by atoms with Crippen molar-refractivity contribution in [3.63, 3.8) is 0 Å². The highest BCUT2D eigenvalue weighted by molar-refractivity contribution is 5.92. The van der Waals surface area contributed by atoms with Crippen LogP contribution in [0.2, 0.25) is 0 Å². The molecule has 0 spiro atoms. The van der Waals surface area contributed by atoms with Gasteiger partial charge < -0.3 is 9.42 Å². The third kappa shape index (κ3) is 4.37. The number of aryl methyl sites for hydroxylation is 2. The standard InChI is InChI=1S/C18H25N5O3/c1-3-4-7-23-17(24)6-5-16(19-23)18(25)22-10-8-21(9-11-22)13-15-12-14(2)20-26-15/h5-6,12H,3-4,7-11,13H2,1-2H3. The van der Waals surface area contributed by atoms with Crippen molar-refractivity contribution < 1.29 is 9.32 Å². The molecule has 0 aromatic carbocycles. The van der Waals surface area contributed by atoms with Crippen molar-refractivity contribution >= 4 is 5.91 Å². The van der Waals surface area contributed by atoms with Crippen molar-refractivity contribution in [1.82, 2.24) is 24.7 Å². The summed E-state index contributed by atoms with van der Waals surface area (Å²) in [6.07, 6.45) is 1.84. The summed E-state index contributed by atoms with van der Waals surface area (Å²) < 4.78 is 6.64. The van der Waals surface area contributed by atoms with Crippen LogP contribution in [-0.2, 0) is 13.1 Å². The zero-order valence-electron chi connectivity index (χ0n) is 15.3. The molecule has 8 nitrogen and oxygen atoms in total. The first-order valence-corrected chi connectivity index (χ1v) is 9.09. The molecule has 0 radical (unpaired) electrons. The van der Waals surface area contributed by atoms with Gasteiger partial charge in [0.15, 0.2) is 5.76 Å². The predicted molar refractivity (Wildman–Crippen MR) is 95.8 cm³/mol. The summed E-state index contributed by atoms with van der Waals surface area (Å²) in [7, 11) is 0. The molecule has 1 saturated heterocycles. The number of hydrogen-bond acceptors (Lipinski definition) is 6. The zero-order chi connectivity index (χ0) is 18.5. The zero-order valence-corrected chi connectivity index (χ0v) is 15.3. The van der Waals surface area contributed by atoms with E-state index in [9.17, 15) is 9.59 Å². The Labute approximate surface area is 152 Å². The van der Waals surface area contributed by atoms with Crippen LogP contribution in [0.4, 0.5) is 0 Å². The fraction of sp³-hybridized carbons (Fsp3) is 0.556. The van der Waals surface area contributed by atoms with Crippen LogP contribution in [-0.4, -0.2) is 56.8 Å². The Morgan fingerprint density at radius 3 is 2.65 bits per heavy atom. The number of rotatable bonds is 6. The third-order valence-corrected chi connectivity index (χ3v) is 4.52. The molecule has 8 heteroatoms. The number of carbonyl (C=O) groups is 1. The molecular weight excluding hydrogens is 334 g/mol. The van der Waals surface area contributed by atoms with E-state index in [2.05, 4.69) is 22.1 Å². The van der Waals surface area contributed by atoms with Crippen molar-refractivity contribution in [2.45, 2.75) is 39.8 Å². The molecule has 1 amide bonds. The van der Waals surface area contributed by atoms with E-state index in [4.69, 9.17) is 4.52 Å². The second kappa shape index (κ2) is 8.27. The van der Waals surface area contributed by atoms with Crippen LogP contribution in [0.1, 0.15) is 41.7 Å². The minimum atomic E-state index is -0.165. The molecule has 26 heavy (non-hydrogen) atoms. The Morgan fingerprint density at radius 2 is 2.00 bits per heavy atom. The first kappa shape index (κ1) is 18.3. The van der Waals surface area contributed by atoms with E-state index in [-0.39, 0.29) is 11.5 Å². The maximum Gasteiger partial charge on any atom is 0.274 e. The predicted octanol–water partition coefficient (Wildman–Crippen LogP) is 1.30. The first-order valence-electron chi connectivity index (χ1n) is 9.09. The van der Waals surface area contributed by atoms with E-state index in [1.807, 2.05) is 13.0 Å². The number of amides is 1. The van der Waals surface area contributed by atoms with Gasteiger partial charge in [0.2, 0.25) is 0 Å². The number of hydrogen-bond donors (Lipinski definition) is 0. The van der Waals surface area contributed by atoms with Crippen molar-refractivity contribution in [3.8, 4) is 0 Å². The Hall–Kier alpha value is -2.48. The maximum atomic E-state index is 12.7. The number of unbranched alkanes of at least 4 members (excludes halogenated alkanes) is 1. The van der Waals surface area contributed by atoms with Gasteiger partial charge in [-0.05, 0) is 19.4 Å². The van der Waals surface area contributed by atoms with Crippen LogP contribution in [0.5, 0.6) is 0 Å². The average molecular weight is 359 g/mol. The molecule has 2 aromatic rings. The molecule has 1 fully saturated rings. The van der Waals surface area contributed by atoms with E-state index in [1.165, 1.54) is 16.8 Å². The van der Waals surface area contributed by atoms with Crippen LogP contribution in [0.25, 0.3) is 0 Å². The van der Waals surface area contributed by atoms with Gasteiger partial charge in [-0.3, -0.25) is 14.5 Å². The maximum absolute atomic E-state index is 12.7. The first-order chi connectivity index (χ1) is 12.6. The van der Waals surface area contributed by atoms with Gasteiger partial charge in [0.05, 0.1) is 12.2 Å². The van der Waals surface area contributed by atoms with Gasteiger partial charge in [-0.15, -0.1) is 0 Å². The van der Waals surface area contributed by atoms with Crippen molar-refractivity contribution in [2.75, 3.05) is 26.2 Å². The summed E-state index contributed by atoms with van der Waals surface area (Å²) in [5.41, 5.74) is 1.04. The molecular formula is C18H25N5O3. The molecule has 1 aliphatic heterocycles. The minimum absolute atomic E-state index is 0.120. The highest BCUT2D eigenvalue weighted by atomic mass is 16.5. The van der Waals surface area contributed by atoms with E-state index >= 15 is 0 Å². The number of nitrogens with zero attached hydrogens (tertiary/aromatic N) is 5. The monoisotopic (exact) mass is 359 g/mol. The summed E-state index contributed by atoms with van der Waals surface area (Å²) >= 11 is 0. The molecule has 1 aliphatic rings. The molecule has 0 atom stereocenters. The Balaban J connectivity index is 1.58. The van der Waals surface area contributed by atoms with Crippen LogP contribution >= 0.6 is 0 Å². The lowest BCUT2D eigenvalue weighted by molar-refractivity contribution is 0.0609. The molecule has 0 unspecified atom stereocenters. The highest BCUT2D eigenvalue weighted by Crippen LogP contribution is 2.11. The van der Waals surface area contributed by atoms with E-state index < -0.39 is 0 Å². The Kier molecular flexibility index (Phi) is 5.82. The van der Waals surface area contributed by atoms with Crippen LogP contribution in [0.15, 0.2) is 27.5 Å². The lowest BCUT2D eigenvalue weighted by Gasteiger charge is -2.33. The third-order valence-electron chi connectivity index (χ3n) is 4.52. The molecule has 3 rings (SSSR count). The van der Waals surface area contributed by atoms with Crippen molar-refractivity contribution in [2.24, 2.45) is 0 Å². The van der Waals surface area contributed by atoms with E-state index in [0.717, 1.165) is 37.4 Å². The van der Waals surface area contributed by atoms with Gasteiger partial charge in [-0.2, -0.15) is 5.10 Å². The highest BCUT2D eigenvalue weighted by Gasteiger charge is 2.24. The minimum Gasteiger partial charge on any atom is -0.360 e. The van der Waals surface area contributed by atoms with Gasteiger partial charge in [-0.1, -0.05) is 18.5 Å². The molecule has 0 N–H and O–H groups in total. The summed E-state index contributed by atoms with van der Waals surface area (Å²) in [5, 5.41) is 8.15. The second-order valence-corrected chi connectivity index (χ2v) is 6.64. The number of aromatic nitrogens is 3. The number of piperazine rings is 1. The molecule has 0 bridgehead atoms. The van der Waals surface area contributed by atoms with Gasteiger partial charge in [0.25, 0.3) is 11.5 Å². The summed E-state index contributed by atoms with van der Waals surface area (Å²) in [4.78, 5) is 28.6. The van der Waals surface area contributed by atoms with Crippen molar-refractivity contribution in [1.29, 1.82) is 0 Å². The van der Waals surface area contributed by atoms with Crippen LogP contribution in [0, 0.1) is 6.92 Å². The lowest BCUT2D eigenvalue weighted by Crippen LogP contribution is -2.48. The van der Waals surface area contributed by atoms with E-state index in [1.54, 1.807) is 4.90 Å². The molecule has 0 saturated carbocycles. The largest absolute Gasteiger partial charge is 0.360 e. The second-order valence-electron chi connectivity index (χ2n) is 6.64. The smallest absolute Gasteiger partial charge is 0.274 e. The summed E-state index contributed by atoms with van der Waals surface area (Å²) in [5.74, 6) is 0.720. The molecule has 2 aromatic heterocycles. The Morgan fingerprint density at radius 1 is 1.23 bits per heavy atom. The quantitative estimate of drug-likeness (QED) is 0.773. The van der Waals surface area contributed by atoms with Gasteiger partial charge in [-0.25, -0.2) is 4.68 Å². The van der Waals surface area contributed by atoms with Gasteiger partial charge in [0, 0.05) is 44.9 Å². The van der Waals surface area contributed by atoms with Crippen LogP contribution < -0.4 is 5.56 Å². The fourth-order valence-electron chi connectivity index (χ4n) is 3.01. The topological polar surface area (TPSA) is 84.5 Å². The van der Waals surface area contributed by atoms with Gasteiger partial charge >= 0.3 is 0 Å². The van der Waals surface area contributed by atoms with E-state index in [0.29, 0.717) is 31.9 Å².